The molecule has 1 saturated carbocycles. The standard InChI is InChI=1S/C23H30F2N4O4/c1-15(17-7-9-18(10-8-17)32-22(24)25)26-19(31)11-12-20-27-21(29-33-20)23(28-16(2)30)13-5-3-4-6-14-23/h7-10,15,22H,3-6,11-14H2,1-2H3,(H,26,31)(H,28,30). The number of benzene rings is 1. The van der Waals surface area contributed by atoms with Gasteiger partial charge in [0.2, 0.25) is 17.7 Å². The lowest BCUT2D eigenvalue weighted by molar-refractivity contribution is -0.122. The Hall–Kier alpha value is -3.04. The van der Waals surface area contributed by atoms with Crippen LogP contribution in [0.3, 0.4) is 0 Å². The first kappa shape index (κ1) is 24.6. The summed E-state index contributed by atoms with van der Waals surface area (Å²) in [5, 5.41) is 10.0. The van der Waals surface area contributed by atoms with Crippen LogP contribution in [0.4, 0.5) is 8.78 Å². The molecule has 3 rings (SSSR count). The number of alkyl halides is 2. The molecule has 2 amide bonds. The van der Waals surface area contributed by atoms with Crippen molar-refractivity contribution in [2.24, 2.45) is 0 Å². The van der Waals surface area contributed by atoms with Crippen LogP contribution in [0, 0.1) is 0 Å². The lowest BCUT2D eigenvalue weighted by atomic mass is 9.89. The normalized spacial score (nSPS) is 16.6. The van der Waals surface area contributed by atoms with E-state index in [1.165, 1.54) is 19.1 Å². The van der Waals surface area contributed by atoms with Crippen LogP contribution in [0.5, 0.6) is 5.75 Å². The number of aromatic nitrogens is 2. The maximum atomic E-state index is 12.4. The van der Waals surface area contributed by atoms with E-state index in [1.807, 2.05) is 0 Å². The Labute approximate surface area is 191 Å². The number of rotatable bonds is 9. The van der Waals surface area contributed by atoms with Gasteiger partial charge in [-0.2, -0.15) is 13.8 Å². The summed E-state index contributed by atoms with van der Waals surface area (Å²) in [6, 6.07) is 5.80. The number of amides is 2. The number of halogens is 2. The van der Waals surface area contributed by atoms with Crippen LogP contribution in [-0.2, 0) is 21.5 Å². The van der Waals surface area contributed by atoms with E-state index < -0.39 is 12.2 Å². The Balaban J connectivity index is 1.55. The molecule has 0 saturated heterocycles. The van der Waals surface area contributed by atoms with Gasteiger partial charge < -0.3 is 19.9 Å². The van der Waals surface area contributed by atoms with Crippen molar-refractivity contribution in [3.63, 3.8) is 0 Å². The van der Waals surface area contributed by atoms with Crippen LogP contribution in [0.25, 0.3) is 0 Å². The van der Waals surface area contributed by atoms with Crippen LogP contribution >= 0.6 is 0 Å². The molecule has 2 aromatic rings. The van der Waals surface area contributed by atoms with Crippen LogP contribution < -0.4 is 15.4 Å². The van der Waals surface area contributed by atoms with Gasteiger partial charge in [0.25, 0.3) is 0 Å². The molecule has 0 aliphatic heterocycles. The maximum absolute atomic E-state index is 12.4. The van der Waals surface area contributed by atoms with Crippen molar-refractivity contribution >= 4 is 11.8 Å². The van der Waals surface area contributed by atoms with Crippen LogP contribution in [-0.4, -0.2) is 28.6 Å². The van der Waals surface area contributed by atoms with Crippen molar-refractivity contribution in [1.82, 2.24) is 20.8 Å². The number of carbonyl (C=O) groups is 2. The quantitative estimate of drug-likeness (QED) is 0.540. The molecule has 1 fully saturated rings. The van der Waals surface area contributed by atoms with Gasteiger partial charge in [-0.25, -0.2) is 0 Å². The zero-order valence-electron chi connectivity index (χ0n) is 18.9. The van der Waals surface area contributed by atoms with Crippen LogP contribution in [0.1, 0.15) is 82.1 Å². The van der Waals surface area contributed by atoms with Crippen molar-refractivity contribution in [3.8, 4) is 5.75 Å². The van der Waals surface area contributed by atoms with Crippen LogP contribution in [0.15, 0.2) is 28.8 Å². The minimum atomic E-state index is -2.88. The summed E-state index contributed by atoms with van der Waals surface area (Å²) >= 11 is 0. The highest BCUT2D eigenvalue weighted by Gasteiger charge is 2.38. The Morgan fingerprint density at radius 1 is 1.15 bits per heavy atom. The number of carbonyl (C=O) groups excluding carboxylic acids is 2. The maximum Gasteiger partial charge on any atom is 0.387 e. The summed E-state index contributed by atoms with van der Waals surface area (Å²) in [5.74, 6) is 0.529. The number of nitrogens with zero attached hydrogens (tertiary/aromatic N) is 2. The average molecular weight is 465 g/mol. The third-order valence-corrected chi connectivity index (χ3v) is 5.82. The monoisotopic (exact) mass is 464 g/mol. The first-order valence-electron chi connectivity index (χ1n) is 11.2. The zero-order chi connectivity index (χ0) is 23.8. The predicted molar refractivity (Wildman–Crippen MR) is 115 cm³/mol. The molecule has 1 heterocycles. The summed E-state index contributed by atoms with van der Waals surface area (Å²) in [6.45, 7) is 0.404. The molecule has 1 aliphatic rings. The highest BCUT2D eigenvalue weighted by Crippen LogP contribution is 2.34. The van der Waals surface area contributed by atoms with Crippen molar-refractivity contribution in [2.75, 3.05) is 0 Å². The van der Waals surface area contributed by atoms with E-state index in [1.54, 1.807) is 19.1 Å². The molecule has 33 heavy (non-hydrogen) atoms. The summed E-state index contributed by atoms with van der Waals surface area (Å²) in [5.41, 5.74) is 0.136. The zero-order valence-corrected chi connectivity index (χ0v) is 18.9. The fourth-order valence-electron chi connectivity index (χ4n) is 4.18. The van der Waals surface area contributed by atoms with Gasteiger partial charge in [-0.3, -0.25) is 9.59 Å². The highest BCUT2D eigenvalue weighted by molar-refractivity contribution is 5.76. The van der Waals surface area contributed by atoms with Gasteiger partial charge in [-0.05, 0) is 37.5 Å². The molecule has 1 aliphatic carbocycles. The molecule has 1 aromatic heterocycles. The second kappa shape index (κ2) is 11.2. The van der Waals surface area contributed by atoms with E-state index in [0.717, 1.165) is 44.1 Å². The van der Waals surface area contributed by atoms with Gasteiger partial charge in [-0.15, -0.1) is 0 Å². The van der Waals surface area contributed by atoms with E-state index in [4.69, 9.17) is 4.52 Å². The first-order chi connectivity index (χ1) is 15.8. The molecule has 2 N–H and O–H groups in total. The summed E-state index contributed by atoms with van der Waals surface area (Å²) < 4.78 is 34.2. The van der Waals surface area contributed by atoms with Crippen molar-refractivity contribution in [2.45, 2.75) is 83.4 Å². The number of aryl methyl sites for hydroxylation is 1. The molecule has 0 bridgehead atoms. The van der Waals surface area contributed by atoms with Gasteiger partial charge in [-0.1, -0.05) is 43.0 Å². The van der Waals surface area contributed by atoms with Gasteiger partial charge in [0.15, 0.2) is 5.82 Å². The molecule has 1 unspecified atom stereocenters. The minimum Gasteiger partial charge on any atom is -0.435 e. The Kier molecular flexibility index (Phi) is 8.35. The fraction of sp³-hybridized carbons (Fsp3) is 0.565. The van der Waals surface area contributed by atoms with E-state index in [2.05, 4.69) is 25.5 Å². The summed E-state index contributed by atoms with van der Waals surface area (Å²) in [4.78, 5) is 28.7. The van der Waals surface area contributed by atoms with Crippen molar-refractivity contribution in [1.29, 1.82) is 0 Å². The third-order valence-electron chi connectivity index (χ3n) is 5.82. The SMILES string of the molecule is CC(=O)NC1(c2noc(CCC(=O)NC(C)c3ccc(OC(F)F)cc3)n2)CCCCCC1. The first-order valence-corrected chi connectivity index (χ1v) is 11.2. The van der Waals surface area contributed by atoms with Gasteiger partial charge in [0.1, 0.15) is 11.3 Å². The van der Waals surface area contributed by atoms with Crippen molar-refractivity contribution in [3.05, 3.63) is 41.5 Å². The molecular formula is C23H30F2N4O4. The lowest BCUT2D eigenvalue weighted by Crippen LogP contribution is -2.45. The number of ether oxygens (including phenoxy) is 1. The predicted octanol–water partition coefficient (Wildman–Crippen LogP) is 4.17. The Morgan fingerprint density at radius 3 is 2.42 bits per heavy atom. The molecular weight excluding hydrogens is 434 g/mol. The van der Waals surface area contributed by atoms with Crippen molar-refractivity contribution < 1.29 is 27.6 Å². The molecule has 10 heteroatoms. The summed E-state index contributed by atoms with van der Waals surface area (Å²) in [6.07, 6.45) is 6.07. The minimum absolute atomic E-state index is 0.0603. The number of hydrogen-bond donors (Lipinski definition) is 2. The number of hydrogen-bond acceptors (Lipinski definition) is 6. The lowest BCUT2D eigenvalue weighted by Gasteiger charge is -2.30. The van der Waals surface area contributed by atoms with E-state index in [-0.39, 0.29) is 36.4 Å². The highest BCUT2D eigenvalue weighted by atomic mass is 19.3. The second-order valence-corrected chi connectivity index (χ2v) is 8.43. The molecule has 8 nitrogen and oxygen atoms in total. The number of nitrogens with one attached hydrogen (secondary N) is 2. The molecule has 0 spiro atoms. The third kappa shape index (κ3) is 6.97. The average Bonchev–Trinajstić information content (AvgIpc) is 3.12. The smallest absolute Gasteiger partial charge is 0.387 e. The van der Waals surface area contributed by atoms with Gasteiger partial charge in [0.05, 0.1) is 6.04 Å². The van der Waals surface area contributed by atoms with E-state index >= 15 is 0 Å². The summed E-state index contributed by atoms with van der Waals surface area (Å²) in [7, 11) is 0. The Bertz CT molecular complexity index is 925. The van der Waals surface area contributed by atoms with Gasteiger partial charge in [0, 0.05) is 19.8 Å². The second-order valence-electron chi connectivity index (χ2n) is 8.43. The molecule has 1 aromatic carbocycles. The molecule has 0 radical (unpaired) electrons. The Morgan fingerprint density at radius 2 is 1.82 bits per heavy atom. The molecule has 180 valence electrons. The van der Waals surface area contributed by atoms with Crippen LogP contribution in [0.2, 0.25) is 0 Å². The fourth-order valence-corrected chi connectivity index (χ4v) is 4.18. The van der Waals surface area contributed by atoms with E-state index in [0.29, 0.717) is 11.7 Å². The molecule has 1 atom stereocenters. The largest absolute Gasteiger partial charge is 0.435 e. The van der Waals surface area contributed by atoms with E-state index in [9.17, 15) is 18.4 Å². The topological polar surface area (TPSA) is 106 Å². The van der Waals surface area contributed by atoms with Gasteiger partial charge >= 0.3 is 6.61 Å².